The molecule has 2 saturated heterocycles. The molecule has 0 atom stereocenters. The van der Waals surface area contributed by atoms with Crippen molar-refractivity contribution in [2.45, 2.75) is 18.8 Å². The van der Waals surface area contributed by atoms with Crippen LogP contribution in [-0.2, 0) is 4.74 Å². The summed E-state index contributed by atoms with van der Waals surface area (Å²) < 4.78 is 5.35. The van der Waals surface area contributed by atoms with E-state index in [1.807, 2.05) is 6.07 Å². The van der Waals surface area contributed by atoms with Gasteiger partial charge in [0, 0.05) is 26.2 Å². The van der Waals surface area contributed by atoms with Gasteiger partial charge in [-0.3, -0.25) is 9.69 Å². The first kappa shape index (κ1) is 19.6. The zero-order valence-corrected chi connectivity index (χ0v) is 17.1. The molecule has 0 spiro atoms. The average Bonchev–Trinajstić information content (AvgIpc) is 3.26. The van der Waals surface area contributed by atoms with E-state index in [2.05, 4.69) is 45.2 Å². The Labute approximate surface area is 171 Å². The Balaban J connectivity index is 1.31. The van der Waals surface area contributed by atoms with Crippen LogP contribution in [0.15, 0.2) is 35.7 Å². The number of rotatable bonds is 6. The number of hydrogen-bond donors (Lipinski definition) is 2. The van der Waals surface area contributed by atoms with Gasteiger partial charge in [0.25, 0.3) is 5.91 Å². The Morgan fingerprint density at radius 3 is 2.64 bits per heavy atom. The second-order valence-corrected chi connectivity index (χ2v) is 8.47. The van der Waals surface area contributed by atoms with Gasteiger partial charge in [-0.05, 0) is 60.0 Å². The Bertz CT molecular complexity index is 762. The van der Waals surface area contributed by atoms with Crippen molar-refractivity contribution in [2.24, 2.45) is 0 Å². The molecule has 2 aliphatic heterocycles. The van der Waals surface area contributed by atoms with Crippen LogP contribution in [0.25, 0.3) is 11.1 Å². The van der Waals surface area contributed by atoms with Crippen LogP contribution >= 0.6 is 11.3 Å². The fourth-order valence-electron chi connectivity index (χ4n) is 3.95. The summed E-state index contributed by atoms with van der Waals surface area (Å²) in [5.41, 5.74) is 3.74. The van der Waals surface area contributed by atoms with E-state index < -0.39 is 0 Å². The van der Waals surface area contributed by atoms with Crippen LogP contribution in [0.2, 0.25) is 0 Å². The van der Waals surface area contributed by atoms with Gasteiger partial charge in [-0.25, -0.2) is 0 Å². The molecule has 0 saturated carbocycles. The summed E-state index contributed by atoms with van der Waals surface area (Å²) >= 11 is 1.52. The summed E-state index contributed by atoms with van der Waals surface area (Å²) in [5, 5.41) is 8.55. The highest BCUT2D eigenvalue weighted by Crippen LogP contribution is 2.30. The standard InChI is InChI=1S/C22H29N3O2S/c26-22(24-9-10-25-11-13-27-14-12-25)21-15-20(16-28-21)18-3-1-17(2-4-18)19-5-7-23-8-6-19/h1-4,15-16,19,23H,5-14H2,(H,24,26). The quantitative estimate of drug-likeness (QED) is 0.784. The van der Waals surface area contributed by atoms with Crippen molar-refractivity contribution >= 4 is 17.2 Å². The summed E-state index contributed by atoms with van der Waals surface area (Å²) in [6.45, 7) is 7.26. The van der Waals surface area contributed by atoms with Gasteiger partial charge in [0.2, 0.25) is 0 Å². The third-order valence-corrected chi connectivity index (χ3v) is 6.62. The first-order chi connectivity index (χ1) is 13.8. The van der Waals surface area contributed by atoms with Crippen molar-refractivity contribution in [3.05, 3.63) is 46.2 Å². The number of piperidine rings is 1. The van der Waals surface area contributed by atoms with Crippen LogP contribution in [0, 0.1) is 0 Å². The molecular formula is C22H29N3O2S. The third kappa shape index (κ3) is 5.00. The van der Waals surface area contributed by atoms with Gasteiger partial charge < -0.3 is 15.4 Å². The molecule has 2 aromatic rings. The highest BCUT2D eigenvalue weighted by Gasteiger charge is 2.16. The summed E-state index contributed by atoms with van der Waals surface area (Å²) in [7, 11) is 0. The highest BCUT2D eigenvalue weighted by molar-refractivity contribution is 7.12. The topological polar surface area (TPSA) is 53.6 Å². The number of amides is 1. The minimum absolute atomic E-state index is 0.0239. The normalized spacial score (nSPS) is 18.9. The average molecular weight is 400 g/mol. The Morgan fingerprint density at radius 1 is 1.14 bits per heavy atom. The van der Waals surface area contributed by atoms with Gasteiger partial charge in [-0.2, -0.15) is 0 Å². The SMILES string of the molecule is O=C(NCCN1CCOCC1)c1cc(-c2ccc(C3CCNCC3)cc2)cs1. The van der Waals surface area contributed by atoms with Crippen LogP contribution in [0.5, 0.6) is 0 Å². The Kier molecular flexibility index (Phi) is 6.75. The monoisotopic (exact) mass is 399 g/mol. The molecule has 2 aliphatic rings. The number of morpholine rings is 1. The lowest BCUT2D eigenvalue weighted by Gasteiger charge is -2.26. The Morgan fingerprint density at radius 2 is 1.89 bits per heavy atom. The minimum Gasteiger partial charge on any atom is -0.379 e. The maximum Gasteiger partial charge on any atom is 0.261 e. The molecule has 3 heterocycles. The lowest BCUT2D eigenvalue weighted by molar-refractivity contribution is 0.0383. The fraction of sp³-hybridized carbons (Fsp3) is 0.500. The number of thiophene rings is 1. The number of carbonyl (C=O) groups excluding carboxylic acids is 1. The summed E-state index contributed by atoms with van der Waals surface area (Å²) in [6.07, 6.45) is 2.43. The second kappa shape index (κ2) is 9.65. The van der Waals surface area contributed by atoms with E-state index in [-0.39, 0.29) is 5.91 Å². The number of hydrogen-bond acceptors (Lipinski definition) is 5. The minimum atomic E-state index is 0.0239. The molecule has 2 fully saturated rings. The lowest BCUT2D eigenvalue weighted by Crippen LogP contribution is -2.41. The van der Waals surface area contributed by atoms with Crippen molar-refractivity contribution in [3.63, 3.8) is 0 Å². The van der Waals surface area contributed by atoms with E-state index in [1.165, 1.54) is 35.3 Å². The van der Waals surface area contributed by atoms with Gasteiger partial charge in [-0.1, -0.05) is 24.3 Å². The third-order valence-electron chi connectivity index (χ3n) is 5.70. The molecule has 0 bridgehead atoms. The fourth-order valence-corrected chi connectivity index (χ4v) is 4.78. The zero-order chi connectivity index (χ0) is 19.2. The zero-order valence-electron chi connectivity index (χ0n) is 16.3. The van der Waals surface area contributed by atoms with Crippen molar-refractivity contribution < 1.29 is 9.53 Å². The van der Waals surface area contributed by atoms with Crippen LogP contribution in [0.1, 0.15) is 34.0 Å². The number of nitrogens with zero attached hydrogens (tertiary/aromatic N) is 1. The summed E-state index contributed by atoms with van der Waals surface area (Å²) in [5.74, 6) is 0.696. The van der Waals surface area contributed by atoms with Gasteiger partial charge in [-0.15, -0.1) is 11.3 Å². The molecule has 0 aliphatic carbocycles. The van der Waals surface area contributed by atoms with Gasteiger partial charge in [0.15, 0.2) is 0 Å². The molecule has 6 heteroatoms. The summed E-state index contributed by atoms with van der Waals surface area (Å²) in [4.78, 5) is 15.5. The molecule has 28 heavy (non-hydrogen) atoms. The highest BCUT2D eigenvalue weighted by atomic mass is 32.1. The molecule has 5 nitrogen and oxygen atoms in total. The molecule has 0 radical (unpaired) electrons. The van der Waals surface area contributed by atoms with Crippen molar-refractivity contribution in [1.82, 2.24) is 15.5 Å². The van der Waals surface area contributed by atoms with E-state index in [9.17, 15) is 4.79 Å². The molecule has 4 rings (SSSR count). The largest absolute Gasteiger partial charge is 0.379 e. The van der Waals surface area contributed by atoms with Gasteiger partial charge in [0.1, 0.15) is 0 Å². The molecule has 1 aromatic carbocycles. The molecule has 1 amide bonds. The number of carbonyl (C=O) groups is 1. The second-order valence-electron chi connectivity index (χ2n) is 7.56. The Hall–Kier alpha value is -1.73. The van der Waals surface area contributed by atoms with Crippen LogP contribution in [0.3, 0.4) is 0 Å². The molecule has 150 valence electrons. The van der Waals surface area contributed by atoms with Gasteiger partial charge >= 0.3 is 0 Å². The smallest absolute Gasteiger partial charge is 0.261 e. The molecule has 0 unspecified atom stereocenters. The first-order valence-electron chi connectivity index (χ1n) is 10.3. The van der Waals surface area contributed by atoms with Crippen molar-refractivity contribution in [2.75, 3.05) is 52.5 Å². The van der Waals surface area contributed by atoms with Crippen molar-refractivity contribution in [3.8, 4) is 11.1 Å². The molecule has 2 N–H and O–H groups in total. The van der Waals surface area contributed by atoms with E-state index in [1.54, 1.807) is 0 Å². The maximum absolute atomic E-state index is 12.4. The van der Waals surface area contributed by atoms with Crippen LogP contribution < -0.4 is 10.6 Å². The van der Waals surface area contributed by atoms with E-state index in [0.717, 1.165) is 56.4 Å². The number of ether oxygens (including phenoxy) is 1. The number of nitrogens with one attached hydrogen (secondary N) is 2. The van der Waals surface area contributed by atoms with Crippen molar-refractivity contribution in [1.29, 1.82) is 0 Å². The molecular weight excluding hydrogens is 370 g/mol. The predicted octanol–water partition coefficient (Wildman–Crippen LogP) is 2.94. The van der Waals surface area contributed by atoms with Crippen LogP contribution in [-0.4, -0.2) is 63.3 Å². The van der Waals surface area contributed by atoms with Crippen LogP contribution in [0.4, 0.5) is 0 Å². The number of benzene rings is 1. The lowest BCUT2D eigenvalue weighted by atomic mass is 9.89. The van der Waals surface area contributed by atoms with Gasteiger partial charge in [0.05, 0.1) is 18.1 Å². The maximum atomic E-state index is 12.4. The van der Waals surface area contributed by atoms with E-state index in [4.69, 9.17) is 4.74 Å². The van der Waals surface area contributed by atoms with E-state index in [0.29, 0.717) is 12.5 Å². The predicted molar refractivity (Wildman–Crippen MR) is 114 cm³/mol. The first-order valence-corrected chi connectivity index (χ1v) is 11.2. The summed E-state index contributed by atoms with van der Waals surface area (Å²) in [6, 6.07) is 10.9. The molecule has 1 aromatic heterocycles. The van der Waals surface area contributed by atoms with E-state index >= 15 is 0 Å².